The summed E-state index contributed by atoms with van der Waals surface area (Å²) in [4.78, 5) is 23.2. The van der Waals surface area contributed by atoms with E-state index in [1.165, 1.54) is 7.05 Å². The fourth-order valence-corrected chi connectivity index (χ4v) is 2.03. The molecule has 2 N–H and O–H groups in total. The Labute approximate surface area is 109 Å². The predicted octanol–water partition coefficient (Wildman–Crippen LogP) is 1.62. The molecule has 5 heteroatoms. The number of halogens is 1. The molecule has 0 heterocycles. The first-order valence-corrected chi connectivity index (χ1v) is 6.03. The third-order valence-corrected chi connectivity index (χ3v) is 3.01. The lowest BCUT2D eigenvalue weighted by Gasteiger charge is -2.13. The topological polar surface area (TPSA) is 58.2 Å². The molecule has 1 rings (SSSR count). The van der Waals surface area contributed by atoms with Crippen LogP contribution in [-0.4, -0.2) is 24.9 Å². The average Bonchev–Trinajstić information content (AvgIpc) is 2.27. The summed E-state index contributed by atoms with van der Waals surface area (Å²) in [6, 6.07) is 4.88. The summed E-state index contributed by atoms with van der Waals surface area (Å²) >= 11 is 3.33. The number of aryl methyl sites for hydroxylation is 1. The normalized spacial score (nSPS) is 11.8. The van der Waals surface area contributed by atoms with Gasteiger partial charge in [0.2, 0.25) is 5.91 Å². The SMILES string of the molecule is CNC(=O)C(C)NC(=O)c1ccc(C)cc1Br. The molecule has 0 aliphatic carbocycles. The molecule has 17 heavy (non-hydrogen) atoms. The van der Waals surface area contributed by atoms with Gasteiger partial charge in [0, 0.05) is 11.5 Å². The van der Waals surface area contributed by atoms with Crippen molar-refractivity contribution in [2.24, 2.45) is 0 Å². The lowest BCUT2D eigenvalue weighted by atomic mass is 10.1. The molecule has 1 unspecified atom stereocenters. The van der Waals surface area contributed by atoms with Gasteiger partial charge >= 0.3 is 0 Å². The van der Waals surface area contributed by atoms with Crippen molar-refractivity contribution in [1.29, 1.82) is 0 Å². The lowest BCUT2D eigenvalue weighted by Crippen LogP contribution is -2.43. The summed E-state index contributed by atoms with van der Waals surface area (Å²) in [5.74, 6) is -0.491. The molecule has 2 amide bonds. The second-order valence-corrected chi connectivity index (χ2v) is 4.65. The molecule has 0 saturated carbocycles. The molecule has 92 valence electrons. The van der Waals surface area contributed by atoms with Gasteiger partial charge in [0.1, 0.15) is 6.04 Å². The van der Waals surface area contributed by atoms with E-state index in [0.717, 1.165) is 10.0 Å². The fourth-order valence-electron chi connectivity index (χ4n) is 1.36. The lowest BCUT2D eigenvalue weighted by molar-refractivity contribution is -0.122. The zero-order valence-electron chi connectivity index (χ0n) is 10.0. The first kappa shape index (κ1) is 13.7. The van der Waals surface area contributed by atoms with Gasteiger partial charge in [-0.1, -0.05) is 6.07 Å². The van der Waals surface area contributed by atoms with Crippen LogP contribution in [0, 0.1) is 6.92 Å². The van der Waals surface area contributed by atoms with Gasteiger partial charge in [0.25, 0.3) is 5.91 Å². The van der Waals surface area contributed by atoms with E-state index in [0.29, 0.717) is 5.56 Å². The second-order valence-electron chi connectivity index (χ2n) is 3.79. The molecule has 1 aromatic carbocycles. The van der Waals surface area contributed by atoms with Crippen molar-refractivity contribution >= 4 is 27.7 Å². The van der Waals surface area contributed by atoms with E-state index < -0.39 is 6.04 Å². The standard InChI is InChI=1S/C12H15BrN2O2/c1-7-4-5-9(10(13)6-7)12(17)15-8(2)11(16)14-3/h4-6,8H,1-3H3,(H,14,16)(H,15,17). The van der Waals surface area contributed by atoms with Gasteiger partial charge in [0.05, 0.1) is 5.56 Å². The highest BCUT2D eigenvalue weighted by Gasteiger charge is 2.16. The Bertz CT molecular complexity index is 446. The molecule has 0 aliphatic heterocycles. The van der Waals surface area contributed by atoms with Crippen LogP contribution in [0.1, 0.15) is 22.8 Å². The maximum atomic E-state index is 11.9. The van der Waals surface area contributed by atoms with Gasteiger partial charge in [-0.3, -0.25) is 9.59 Å². The number of likely N-dealkylation sites (N-methyl/N-ethyl adjacent to an activating group) is 1. The Balaban J connectivity index is 2.80. The van der Waals surface area contributed by atoms with Gasteiger partial charge < -0.3 is 10.6 Å². The highest BCUT2D eigenvalue weighted by atomic mass is 79.9. The average molecular weight is 299 g/mol. The van der Waals surface area contributed by atoms with Crippen LogP contribution in [0.25, 0.3) is 0 Å². The van der Waals surface area contributed by atoms with Gasteiger partial charge in [-0.15, -0.1) is 0 Å². The van der Waals surface area contributed by atoms with E-state index >= 15 is 0 Å². The maximum Gasteiger partial charge on any atom is 0.253 e. The zero-order chi connectivity index (χ0) is 13.0. The number of hydrogen-bond acceptors (Lipinski definition) is 2. The Morgan fingerprint density at radius 3 is 2.53 bits per heavy atom. The Hall–Kier alpha value is -1.36. The summed E-state index contributed by atoms with van der Waals surface area (Å²) in [5, 5.41) is 5.11. The van der Waals surface area contributed by atoms with Crippen LogP contribution in [0.15, 0.2) is 22.7 Å². The molecule has 1 atom stereocenters. The van der Waals surface area contributed by atoms with Crippen LogP contribution in [0.4, 0.5) is 0 Å². The molecule has 0 aromatic heterocycles. The molecule has 0 radical (unpaired) electrons. The molecule has 0 spiro atoms. The van der Waals surface area contributed by atoms with Gasteiger partial charge in [-0.25, -0.2) is 0 Å². The van der Waals surface area contributed by atoms with E-state index in [1.807, 2.05) is 19.1 Å². The minimum absolute atomic E-state index is 0.221. The monoisotopic (exact) mass is 298 g/mol. The summed E-state index contributed by atoms with van der Waals surface area (Å²) in [5.41, 5.74) is 1.58. The molecule has 0 fully saturated rings. The molecular weight excluding hydrogens is 284 g/mol. The summed E-state index contributed by atoms with van der Waals surface area (Å²) in [6.45, 7) is 3.58. The third-order valence-electron chi connectivity index (χ3n) is 2.36. The highest BCUT2D eigenvalue weighted by Crippen LogP contribution is 2.18. The van der Waals surface area contributed by atoms with Gasteiger partial charge in [0.15, 0.2) is 0 Å². The van der Waals surface area contributed by atoms with Crippen molar-refractivity contribution in [1.82, 2.24) is 10.6 Å². The second kappa shape index (κ2) is 5.82. The van der Waals surface area contributed by atoms with Gasteiger partial charge in [-0.2, -0.15) is 0 Å². The largest absolute Gasteiger partial charge is 0.357 e. The maximum absolute atomic E-state index is 11.9. The van der Waals surface area contributed by atoms with E-state index in [4.69, 9.17) is 0 Å². The molecule has 0 bridgehead atoms. The quantitative estimate of drug-likeness (QED) is 0.891. The van der Waals surface area contributed by atoms with Crippen LogP contribution >= 0.6 is 15.9 Å². The summed E-state index contributed by atoms with van der Waals surface area (Å²) < 4.78 is 0.721. The molecule has 1 aromatic rings. The van der Waals surface area contributed by atoms with Crippen molar-refractivity contribution in [2.75, 3.05) is 7.05 Å². The van der Waals surface area contributed by atoms with Crippen LogP contribution in [0.5, 0.6) is 0 Å². The Kier molecular flexibility index (Phi) is 4.69. The Morgan fingerprint density at radius 1 is 1.35 bits per heavy atom. The third kappa shape index (κ3) is 3.56. The zero-order valence-corrected chi connectivity index (χ0v) is 11.6. The number of carbonyl (C=O) groups excluding carboxylic acids is 2. The molecule has 4 nitrogen and oxygen atoms in total. The smallest absolute Gasteiger partial charge is 0.253 e. The first-order chi connectivity index (χ1) is 7.95. The Morgan fingerprint density at radius 2 is 2.00 bits per heavy atom. The van der Waals surface area contributed by atoms with Crippen molar-refractivity contribution in [3.8, 4) is 0 Å². The number of carbonyl (C=O) groups is 2. The minimum Gasteiger partial charge on any atom is -0.357 e. The van der Waals surface area contributed by atoms with Crippen molar-refractivity contribution in [3.63, 3.8) is 0 Å². The van der Waals surface area contributed by atoms with Crippen LogP contribution in [0.2, 0.25) is 0 Å². The van der Waals surface area contributed by atoms with Crippen molar-refractivity contribution in [2.45, 2.75) is 19.9 Å². The number of hydrogen-bond donors (Lipinski definition) is 2. The van der Waals surface area contributed by atoms with Crippen LogP contribution < -0.4 is 10.6 Å². The molecule has 0 saturated heterocycles. The predicted molar refractivity (Wildman–Crippen MR) is 69.9 cm³/mol. The summed E-state index contributed by atoms with van der Waals surface area (Å²) in [7, 11) is 1.53. The van der Waals surface area contributed by atoms with Crippen LogP contribution in [-0.2, 0) is 4.79 Å². The number of amides is 2. The van der Waals surface area contributed by atoms with Crippen molar-refractivity contribution < 1.29 is 9.59 Å². The van der Waals surface area contributed by atoms with E-state index in [2.05, 4.69) is 26.6 Å². The fraction of sp³-hybridized carbons (Fsp3) is 0.333. The van der Waals surface area contributed by atoms with Gasteiger partial charge in [-0.05, 0) is 47.5 Å². The molecule has 0 aliphatic rings. The van der Waals surface area contributed by atoms with E-state index in [1.54, 1.807) is 13.0 Å². The minimum atomic E-state index is -0.555. The van der Waals surface area contributed by atoms with E-state index in [-0.39, 0.29) is 11.8 Å². The first-order valence-electron chi connectivity index (χ1n) is 5.24. The number of nitrogens with one attached hydrogen (secondary N) is 2. The number of benzene rings is 1. The molecular formula is C12H15BrN2O2. The number of rotatable bonds is 3. The van der Waals surface area contributed by atoms with E-state index in [9.17, 15) is 9.59 Å². The van der Waals surface area contributed by atoms with Crippen LogP contribution in [0.3, 0.4) is 0 Å². The van der Waals surface area contributed by atoms with Crippen molar-refractivity contribution in [3.05, 3.63) is 33.8 Å². The summed E-state index contributed by atoms with van der Waals surface area (Å²) in [6.07, 6.45) is 0. The highest BCUT2D eigenvalue weighted by molar-refractivity contribution is 9.10.